The van der Waals surface area contributed by atoms with Crippen LogP contribution in [-0.4, -0.2) is 22.3 Å². The third-order valence-corrected chi connectivity index (χ3v) is 4.15. The quantitative estimate of drug-likeness (QED) is 0.792. The number of benzene rings is 1. The number of aliphatic hydroxyl groups excluding tert-OH is 1. The molecule has 0 radical (unpaired) electrons. The normalized spacial score (nSPS) is 17.9. The molecule has 0 aliphatic heterocycles. The zero-order chi connectivity index (χ0) is 17.6. The highest BCUT2D eigenvalue weighted by Crippen LogP contribution is 2.33. The molecule has 0 amide bonds. The van der Waals surface area contributed by atoms with Gasteiger partial charge in [0.1, 0.15) is 0 Å². The number of hydrogen-bond acceptors (Lipinski definition) is 3. The summed E-state index contributed by atoms with van der Waals surface area (Å²) in [5.41, 5.74) is 10.5. The van der Waals surface area contributed by atoms with E-state index in [2.05, 4.69) is 39.0 Å². The molecule has 0 heterocycles. The maximum absolute atomic E-state index is 9.90. The first-order valence-corrected chi connectivity index (χ1v) is 8.40. The van der Waals surface area contributed by atoms with Crippen LogP contribution in [0.15, 0.2) is 18.2 Å². The van der Waals surface area contributed by atoms with Gasteiger partial charge in [-0.3, -0.25) is 4.79 Å². The van der Waals surface area contributed by atoms with Gasteiger partial charge in [-0.2, -0.15) is 0 Å². The highest BCUT2D eigenvalue weighted by Gasteiger charge is 2.21. The van der Waals surface area contributed by atoms with E-state index in [1.807, 2.05) is 0 Å². The van der Waals surface area contributed by atoms with Gasteiger partial charge in [0.2, 0.25) is 0 Å². The van der Waals surface area contributed by atoms with Gasteiger partial charge in [0.15, 0.2) is 0 Å². The number of carbonyl (C=O) groups is 1. The number of carboxylic acids is 1. The number of aliphatic carboxylic acids is 1. The van der Waals surface area contributed by atoms with Gasteiger partial charge in [-0.15, -0.1) is 0 Å². The Morgan fingerprint density at radius 2 is 2.04 bits per heavy atom. The molecule has 0 fully saturated rings. The van der Waals surface area contributed by atoms with Crippen molar-refractivity contribution >= 4 is 5.97 Å². The summed E-state index contributed by atoms with van der Waals surface area (Å²) in [4.78, 5) is 9.90. The van der Waals surface area contributed by atoms with E-state index in [-0.39, 0.29) is 24.0 Å². The molecule has 4 heteroatoms. The lowest BCUT2D eigenvalue weighted by atomic mass is 9.85. The van der Waals surface area contributed by atoms with Crippen LogP contribution in [0.25, 0.3) is 0 Å². The van der Waals surface area contributed by atoms with Crippen molar-refractivity contribution in [2.45, 2.75) is 77.4 Å². The summed E-state index contributed by atoms with van der Waals surface area (Å²) in [5, 5.41) is 16.8. The number of rotatable bonds is 4. The highest BCUT2D eigenvalue weighted by molar-refractivity contribution is 5.66. The van der Waals surface area contributed by atoms with Crippen LogP contribution in [0.4, 0.5) is 0 Å². The van der Waals surface area contributed by atoms with Crippen LogP contribution in [0.1, 0.15) is 76.1 Å². The van der Waals surface area contributed by atoms with E-state index in [9.17, 15) is 4.79 Å². The summed E-state index contributed by atoms with van der Waals surface area (Å²) in [6.07, 6.45) is 3.19. The monoisotopic (exact) mass is 321 g/mol. The lowest BCUT2D eigenvalue weighted by molar-refractivity contribution is -0.137. The largest absolute Gasteiger partial charge is 0.481 e. The summed E-state index contributed by atoms with van der Waals surface area (Å²) >= 11 is 0. The Bertz CT molecular complexity index is 518. The molecule has 4 nitrogen and oxygen atoms in total. The lowest BCUT2D eigenvalue weighted by Gasteiger charge is -2.20. The fourth-order valence-corrected chi connectivity index (χ4v) is 2.67. The highest BCUT2D eigenvalue weighted by atomic mass is 16.4. The minimum absolute atomic E-state index is 0.158. The Morgan fingerprint density at radius 1 is 1.39 bits per heavy atom. The van der Waals surface area contributed by atoms with Crippen molar-refractivity contribution in [3.8, 4) is 0 Å². The average Bonchev–Trinajstić information content (AvgIpc) is 2.79. The summed E-state index contributed by atoms with van der Waals surface area (Å²) in [7, 11) is 0. The summed E-state index contributed by atoms with van der Waals surface area (Å²) in [6, 6.07) is 7.05. The summed E-state index contributed by atoms with van der Waals surface area (Å²) < 4.78 is 0. The molecule has 23 heavy (non-hydrogen) atoms. The van der Waals surface area contributed by atoms with E-state index >= 15 is 0 Å². The second-order valence-electron chi connectivity index (χ2n) is 7.44. The van der Waals surface area contributed by atoms with E-state index in [0.717, 1.165) is 12.8 Å². The minimum Gasteiger partial charge on any atom is -0.481 e. The van der Waals surface area contributed by atoms with Gasteiger partial charge >= 0.3 is 5.97 Å². The van der Waals surface area contributed by atoms with Crippen molar-refractivity contribution in [2.24, 2.45) is 5.73 Å². The zero-order valence-electron chi connectivity index (χ0n) is 14.8. The van der Waals surface area contributed by atoms with Crippen LogP contribution >= 0.6 is 0 Å². The number of aryl methyl sites for hydroxylation is 1. The Hall–Kier alpha value is -1.39. The average molecular weight is 321 g/mol. The van der Waals surface area contributed by atoms with Crippen LogP contribution in [0.3, 0.4) is 0 Å². The van der Waals surface area contributed by atoms with E-state index in [1.165, 1.54) is 16.7 Å². The van der Waals surface area contributed by atoms with E-state index in [1.54, 1.807) is 6.92 Å². The van der Waals surface area contributed by atoms with Crippen LogP contribution < -0.4 is 5.73 Å². The molecule has 2 atom stereocenters. The van der Waals surface area contributed by atoms with Gasteiger partial charge in [-0.05, 0) is 54.7 Å². The molecule has 4 N–H and O–H groups in total. The van der Waals surface area contributed by atoms with Gasteiger partial charge in [0, 0.05) is 12.5 Å². The molecule has 0 aromatic heterocycles. The molecule has 2 unspecified atom stereocenters. The van der Waals surface area contributed by atoms with Gasteiger partial charge in [0.25, 0.3) is 0 Å². The molecule has 130 valence electrons. The fourth-order valence-electron chi connectivity index (χ4n) is 2.67. The Labute approximate surface area is 139 Å². The second kappa shape index (κ2) is 8.46. The Morgan fingerprint density at radius 3 is 2.57 bits per heavy atom. The molecule has 1 aromatic rings. The first kappa shape index (κ1) is 19.7. The van der Waals surface area contributed by atoms with Crippen molar-refractivity contribution in [1.82, 2.24) is 0 Å². The first-order chi connectivity index (χ1) is 10.6. The minimum atomic E-state index is -0.796. The van der Waals surface area contributed by atoms with Gasteiger partial charge in [0.05, 0.1) is 6.10 Å². The SMILES string of the molecule is CC(C)(C)c1ccc2c(c1)CCC2N.CC(O)CCCC(=O)O. The topological polar surface area (TPSA) is 83.5 Å². The molecule has 0 spiro atoms. The first-order valence-electron chi connectivity index (χ1n) is 8.40. The third-order valence-electron chi connectivity index (χ3n) is 4.15. The van der Waals surface area contributed by atoms with Crippen LogP contribution in [-0.2, 0) is 16.6 Å². The van der Waals surface area contributed by atoms with Crippen molar-refractivity contribution < 1.29 is 15.0 Å². The maximum atomic E-state index is 9.90. The lowest BCUT2D eigenvalue weighted by Crippen LogP contribution is -2.12. The van der Waals surface area contributed by atoms with Gasteiger partial charge in [-0.25, -0.2) is 0 Å². The molecule has 2 rings (SSSR count). The molecule has 1 aromatic carbocycles. The van der Waals surface area contributed by atoms with Crippen LogP contribution in [0.5, 0.6) is 0 Å². The summed E-state index contributed by atoms with van der Waals surface area (Å²) in [6.45, 7) is 8.42. The zero-order valence-corrected chi connectivity index (χ0v) is 14.8. The van der Waals surface area contributed by atoms with E-state index < -0.39 is 5.97 Å². The smallest absolute Gasteiger partial charge is 0.303 e. The van der Waals surface area contributed by atoms with E-state index in [0.29, 0.717) is 12.8 Å². The van der Waals surface area contributed by atoms with Crippen molar-refractivity contribution in [3.05, 3.63) is 34.9 Å². The van der Waals surface area contributed by atoms with Gasteiger partial charge in [-0.1, -0.05) is 39.0 Å². The van der Waals surface area contributed by atoms with Crippen LogP contribution in [0, 0.1) is 0 Å². The third kappa shape index (κ3) is 6.71. The molecule has 1 aliphatic carbocycles. The van der Waals surface area contributed by atoms with E-state index in [4.69, 9.17) is 15.9 Å². The predicted octanol–water partition coefficient (Wildman–Crippen LogP) is 3.55. The predicted molar refractivity (Wildman–Crippen MR) is 93.6 cm³/mol. The fraction of sp³-hybridized carbons (Fsp3) is 0.632. The molecule has 0 saturated heterocycles. The molecule has 0 bridgehead atoms. The standard InChI is InChI=1S/C13H19N.C6H12O3/c1-13(2,3)10-5-6-11-9(8-10)4-7-12(11)14;1-5(7)3-2-4-6(8)9/h5-6,8,12H,4,7,14H2,1-3H3;5,7H,2-4H2,1H3,(H,8,9). The maximum Gasteiger partial charge on any atom is 0.303 e. The van der Waals surface area contributed by atoms with Gasteiger partial charge < -0.3 is 15.9 Å². The van der Waals surface area contributed by atoms with Crippen molar-refractivity contribution in [3.63, 3.8) is 0 Å². The number of hydrogen-bond donors (Lipinski definition) is 3. The molecule has 1 aliphatic rings. The summed E-state index contributed by atoms with van der Waals surface area (Å²) in [5.74, 6) is -0.796. The second-order valence-corrected chi connectivity index (χ2v) is 7.44. The van der Waals surface area contributed by atoms with Crippen LogP contribution in [0.2, 0.25) is 0 Å². The number of aliphatic hydroxyl groups is 1. The van der Waals surface area contributed by atoms with Crippen molar-refractivity contribution in [1.29, 1.82) is 0 Å². The Balaban J connectivity index is 0.000000257. The molecule has 0 saturated carbocycles. The molecular weight excluding hydrogens is 290 g/mol. The van der Waals surface area contributed by atoms with Crippen molar-refractivity contribution in [2.75, 3.05) is 0 Å². The molecular formula is C19H31NO3. The number of carboxylic acid groups (broad SMARTS) is 1. The number of fused-ring (bicyclic) bond motifs is 1. The number of nitrogens with two attached hydrogens (primary N) is 1. The Kier molecular flexibility index (Phi) is 7.23.